The minimum absolute atomic E-state index is 0.0170. The van der Waals surface area contributed by atoms with E-state index in [0.29, 0.717) is 27.9 Å². The van der Waals surface area contributed by atoms with Gasteiger partial charge in [-0.1, -0.05) is 23.7 Å². The Morgan fingerprint density at radius 1 is 1.00 bits per heavy atom. The number of rotatable bonds is 4. The van der Waals surface area contributed by atoms with Gasteiger partial charge in [-0.3, -0.25) is 10.1 Å². The van der Waals surface area contributed by atoms with E-state index in [2.05, 4.69) is 20.7 Å². The van der Waals surface area contributed by atoms with Gasteiger partial charge < -0.3 is 10.1 Å². The van der Waals surface area contributed by atoms with Gasteiger partial charge in [-0.05, 0) is 64.1 Å². The zero-order valence-electron chi connectivity index (χ0n) is 17.1. The molecule has 1 aromatic heterocycles. The highest BCUT2D eigenvalue weighted by Gasteiger charge is 2.18. The number of benzene rings is 2. The molecule has 8 nitrogen and oxygen atoms in total. The second kappa shape index (κ2) is 8.54. The smallest absolute Gasteiger partial charge is 0.412 e. The zero-order valence-corrected chi connectivity index (χ0v) is 17.8. The Morgan fingerprint density at radius 2 is 1.60 bits per heavy atom. The quantitative estimate of drug-likeness (QED) is 0.621. The van der Waals surface area contributed by atoms with Crippen LogP contribution in [-0.4, -0.2) is 32.4 Å². The lowest BCUT2D eigenvalue weighted by Gasteiger charge is -2.19. The summed E-state index contributed by atoms with van der Waals surface area (Å²) in [6, 6.07) is 13.8. The maximum Gasteiger partial charge on any atom is 0.412 e. The first kappa shape index (κ1) is 21.3. The minimum Gasteiger partial charge on any atom is -0.444 e. The summed E-state index contributed by atoms with van der Waals surface area (Å²) in [5.41, 5.74) is 1.12. The summed E-state index contributed by atoms with van der Waals surface area (Å²) in [7, 11) is 0. The number of aryl methyl sites for hydroxylation is 1. The molecule has 0 aliphatic rings. The summed E-state index contributed by atoms with van der Waals surface area (Å²) >= 11 is 6.21. The fourth-order valence-electron chi connectivity index (χ4n) is 2.58. The molecule has 0 unspecified atom stereocenters. The summed E-state index contributed by atoms with van der Waals surface area (Å²) in [5.74, 6) is 0.0882. The van der Waals surface area contributed by atoms with Crippen LogP contribution >= 0.6 is 11.6 Å². The summed E-state index contributed by atoms with van der Waals surface area (Å²) < 4.78 is 6.72. The molecule has 0 aliphatic heterocycles. The van der Waals surface area contributed by atoms with Crippen molar-refractivity contribution in [3.05, 3.63) is 65.2 Å². The van der Waals surface area contributed by atoms with Crippen LogP contribution in [0.5, 0.6) is 0 Å². The number of ether oxygens (including phenoxy) is 1. The highest BCUT2D eigenvalue weighted by atomic mass is 35.5. The molecular weight excluding hydrogens is 406 g/mol. The number of carbonyl (C=O) groups excluding carboxylic acids is 2. The fraction of sp³-hybridized carbons (Fsp3) is 0.238. The molecule has 1 heterocycles. The summed E-state index contributed by atoms with van der Waals surface area (Å²) in [6.07, 6.45) is -0.552. The normalized spacial score (nSPS) is 11.1. The van der Waals surface area contributed by atoms with E-state index in [1.54, 1.807) is 64.1 Å². The van der Waals surface area contributed by atoms with Crippen LogP contribution in [-0.2, 0) is 4.74 Å². The molecule has 0 aliphatic carbocycles. The van der Waals surface area contributed by atoms with E-state index in [9.17, 15) is 9.59 Å². The van der Waals surface area contributed by atoms with Crippen molar-refractivity contribution < 1.29 is 14.3 Å². The van der Waals surface area contributed by atoms with Crippen molar-refractivity contribution >= 4 is 35.0 Å². The van der Waals surface area contributed by atoms with Gasteiger partial charge in [-0.2, -0.15) is 0 Å². The largest absolute Gasteiger partial charge is 0.444 e. The van der Waals surface area contributed by atoms with Crippen LogP contribution in [0.25, 0.3) is 5.69 Å². The third-order valence-electron chi connectivity index (χ3n) is 3.84. The molecule has 0 radical (unpaired) electrons. The van der Waals surface area contributed by atoms with E-state index >= 15 is 0 Å². The van der Waals surface area contributed by atoms with Crippen molar-refractivity contribution in [1.82, 2.24) is 14.8 Å². The van der Waals surface area contributed by atoms with E-state index in [0.717, 1.165) is 0 Å². The third-order valence-corrected chi connectivity index (χ3v) is 4.16. The number of halogens is 1. The van der Waals surface area contributed by atoms with Crippen molar-refractivity contribution in [3.63, 3.8) is 0 Å². The van der Waals surface area contributed by atoms with E-state index < -0.39 is 17.6 Å². The maximum absolute atomic E-state index is 12.5. The number of amides is 2. The van der Waals surface area contributed by atoms with Crippen LogP contribution in [0.3, 0.4) is 0 Å². The lowest BCUT2D eigenvalue weighted by atomic mass is 10.2. The maximum atomic E-state index is 12.5. The Kier molecular flexibility index (Phi) is 6.07. The van der Waals surface area contributed by atoms with Crippen molar-refractivity contribution in [1.29, 1.82) is 0 Å². The highest BCUT2D eigenvalue weighted by molar-refractivity contribution is 6.32. The van der Waals surface area contributed by atoms with Gasteiger partial charge in [0, 0.05) is 11.4 Å². The molecule has 30 heavy (non-hydrogen) atoms. The van der Waals surface area contributed by atoms with Gasteiger partial charge in [0.2, 0.25) is 5.82 Å². The SMILES string of the molecule is Cc1nc(C(=O)Nc2ccc(NC(=O)OC(C)(C)C)cc2)nn1-c1ccccc1Cl. The Labute approximate surface area is 179 Å². The minimum atomic E-state index is -0.587. The van der Waals surface area contributed by atoms with Crippen LogP contribution in [0, 0.1) is 6.92 Å². The van der Waals surface area contributed by atoms with Gasteiger partial charge in [0.25, 0.3) is 5.91 Å². The first-order chi connectivity index (χ1) is 14.1. The topological polar surface area (TPSA) is 98.1 Å². The predicted octanol–water partition coefficient (Wildman–Crippen LogP) is 4.83. The monoisotopic (exact) mass is 427 g/mol. The van der Waals surface area contributed by atoms with Crippen LogP contribution in [0.4, 0.5) is 16.2 Å². The van der Waals surface area contributed by atoms with Gasteiger partial charge in [-0.25, -0.2) is 14.5 Å². The van der Waals surface area contributed by atoms with E-state index in [-0.39, 0.29) is 5.82 Å². The lowest BCUT2D eigenvalue weighted by molar-refractivity contribution is 0.0635. The van der Waals surface area contributed by atoms with Crippen LogP contribution in [0.2, 0.25) is 5.02 Å². The van der Waals surface area contributed by atoms with Gasteiger partial charge in [0.1, 0.15) is 11.4 Å². The molecule has 0 fully saturated rings. The Balaban J connectivity index is 1.67. The number of aromatic nitrogens is 3. The molecule has 0 saturated carbocycles. The molecule has 9 heteroatoms. The summed E-state index contributed by atoms with van der Waals surface area (Å²) in [6.45, 7) is 7.10. The first-order valence-corrected chi connectivity index (χ1v) is 9.60. The van der Waals surface area contributed by atoms with Crippen LogP contribution in [0.15, 0.2) is 48.5 Å². The van der Waals surface area contributed by atoms with Gasteiger partial charge in [-0.15, -0.1) is 5.10 Å². The molecule has 0 bridgehead atoms. The number of hydrogen-bond acceptors (Lipinski definition) is 5. The lowest BCUT2D eigenvalue weighted by Crippen LogP contribution is -2.27. The molecule has 2 amide bonds. The van der Waals surface area contributed by atoms with Gasteiger partial charge in [0.05, 0.1) is 10.7 Å². The average molecular weight is 428 g/mol. The van der Waals surface area contributed by atoms with E-state index in [4.69, 9.17) is 16.3 Å². The molecule has 3 rings (SSSR count). The second-order valence-corrected chi connectivity index (χ2v) is 7.91. The predicted molar refractivity (Wildman–Crippen MR) is 115 cm³/mol. The van der Waals surface area contributed by atoms with Gasteiger partial charge >= 0.3 is 6.09 Å². The number of anilines is 2. The van der Waals surface area contributed by atoms with Gasteiger partial charge in [0.15, 0.2) is 0 Å². The van der Waals surface area contributed by atoms with Crippen LogP contribution < -0.4 is 10.6 Å². The third kappa shape index (κ3) is 5.36. The number of nitrogens with one attached hydrogen (secondary N) is 2. The second-order valence-electron chi connectivity index (χ2n) is 7.50. The molecule has 0 saturated heterocycles. The molecule has 2 aromatic carbocycles. The first-order valence-electron chi connectivity index (χ1n) is 9.22. The Bertz CT molecular complexity index is 1070. The highest BCUT2D eigenvalue weighted by Crippen LogP contribution is 2.21. The summed E-state index contributed by atoms with van der Waals surface area (Å²) in [4.78, 5) is 28.6. The molecule has 2 N–H and O–H groups in total. The standard InChI is InChI=1S/C21H22ClN5O3/c1-13-23-18(26-27(13)17-8-6-5-7-16(17)22)19(28)24-14-9-11-15(12-10-14)25-20(29)30-21(2,3)4/h5-12H,1-4H3,(H,24,28)(H,25,29). The molecular formula is C21H22ClN5O3. The fourth-order valence-corrected chi connectivity index (χ4v) is 2.80. The average Bonchev–Trinajstić information content (AvgIpc) is 3.04. The number of carbonyl (C=O) groups is 2. The molecule has 0 spiro atoms. The van der Waals surface area contributed by atoms with Crippen LogP contribution in [0.1, 0.15) is 37.2 Å². The van der Waals surface area contributed by atoms with Crippen molar-refractivity contribution in [2.75, 3.05) is 10.6 Å². The van der Waals surface area contributed by atoms with Crippen molar-refractivity contribution in [2.24, 2.45) is 0 Å². The van der Waals surface area contributed by atoms with Crippen molar-refractivity contribution in [2.45, 2.75) is 33.3 Å². The number of para-hydroxylation sites is 1. The summed E-state index contributed by atoms with van der Waals surface area (Å²) in [5, 5.41) is 10.1. The number of nitrogens with zero attached hydrogens (tertiary/aromatic N) is 3. The molecule has 156 valence electrons. The Morgan fingerprint density at radius 3 is 2.20 bits per heavy atom. The van der Waals surface area contributed by atoms with E-state index in [1.807, 2.05) is 12.1 Å². The Hall–Kier alpha value is -3.39. The zero-order chi connectivity index (χ0) is 21.9. The molecule has 3 aromatic rings. The molecule has 0 atom stereocenters. The number of hydrogen-bond donors (Lipinski definition) is 2. The van der Waals surface area contributed by atoms with E-state index in [1.165, 1.54) is 4.68 Å². The van der Waals surface area contributed by atoms with Crippen molar-refractivity contribution in [3.8, 4) is 5.69 Å².